The minimum Gasteiger partial charge on any atom is -0.497 e. The summed E-state index contributed by atoms with van der Waals surface area (Å²) in [5, 5.41) is 2.28. The van der Waals surface area contributed by atoms with Crippen LogP contribution in [0.5, 0.6) is 5.75 Å². The quantitative estimate of drug-likeness (QED) is 0.181. The van der Waals surface area contributed by atoms with Crippen molar-refractivity contribution in [3.05, 3.63) is 149 Å². The Hall–Kier alpha value is -4.90. The molecule has 0 bridgehead atoms. The minimum absolute atomic E-state index is 0.00142. The number of amides is 1. The molecule has 0 aliphatic carbocycles. The number of rotatable bonds is 8. The van der Waals surface area contributed by atoms with Gasteiger partial charge in [0.15, 0.2) is 0 Å². The largest absolute Gasteiger partial charge is 0.497 e. The number of hydrogen-bond acceptors (Lipinski definition) is 4. The average Bonchev–Trinajstić information content (AvgIpc) is 3.06. The van der Waals surface area contributed by atoms with E-state index in [9.17, 15) is 9.59 Å². The molecule has 1 aliphatic rings. The Kier molecular flexibility index (Phi) is 8.23. The van der Waals surface area contributed by atoms with Crippen LogP contribution in [0.25, 0.3) is 10.8 Å². The van der Waals surface area contributed by atoms with E-state index in [0.29, 0.717) is 31.7 Å². The van der Waals surface area contributed by atoms with E-state index in [-0.39, 0.29) is 17.8 Å². The SMILES string of the molecule is CCOC(=O)C(c1ccccc1)C(c1ccc2ccccc2c1)c1cccc2c1CCN(C(=O)c1ccc(OC)cc1)C2. The predicted octanol–water partition coefficient (Wildman–Crippen LogP) is 7.53. The van der Waals surface area contributed by atoms with E-state index >= 15 is 0 Å². The summed E-state index contributed by atoms with van der Waals surface area (Å²) in [4.78, 5) is 29.2. The third-order valence-corrected chi connectivity index (χ3v) is 8.43. The Morgan fingerprint density at radius 1 is 0.791 bits per heavy atom. The van der Waals surface area contributed by atoms with Gasteiger partial charge in [-0.15, -0.1) is 0 Å². The monoisotopic (exact) mass is 569 g/mol. The lowest BCUT2D eigenvalue weighted by atomic mass is 9.74. The lowest BCUT2D eigenvalue weighted by molar-refractivity contribution is -0.145. The lowest BCUT2D eigenvalue weighted by Gasteiger charge is -2.34. The molecule has 0 saturated carbocycles. The van der Waals surface area contributed by atoms with E-state index in [2.05, 4.69) is 48.5 Å². The van der Waals surface area contributed by atoms with Crippen molar-refractivity contribution in [2.45, 2.75) is 31.7 Å². The minimum atomic E-state index is -0.534. The number of esters is 1. The first-order valence-corrected chi connectivity index (χ1v) is 14.8. The molecule has 5 aromatic carbocycles. The summed E-state index contributed by atoms with van der Waals surface area (Å²) in [6.45, 7) is 3.26. The van der Waals surface area contributed by atoms with Gasteiger partial charge in [-0.1, -0.05) is 91.0 Å². The maximum Gasteiger partial charge on any atom is 0.314 e. The maximum absolute atomic E-state index is 13.8. The number of methoxy groups -OCH3 is 1. The Balaban J connectivity index is 1.44. The van der Waals surface area contributed by atoms with Gasteiger partial charge in [-0.05, 0) is 76.2 Å². The summed E-state index contributed by atoms with van der Waals surface area (Å²) >= 11 is 0. The van der Waals surface area contributed by atoms with Gasteiger partial charge in [-0.3, -0.25) is 9.59 Å². The van der Waals surface area contributed by atoms with E-state index < -0.39 is 5.92 Å². The van der Waals surface area contributed by atoms with Crippen molar-refractivity contribution in [1.82, 2.24) is 4.90 Å². The normalized spacial score (nSPS) is 14.0. The molecule has 0 N–H and O–H groups in total. The Morgan fingerprint density at radius 2 is 1.53 bits per heavy atom. The van der Waals surface area contributed by atoms with Gasteiger partial charge in [0.25, 0.3) is 5.91 Å². The summed E-state index contributed by atoms with van der Waals surface area (Å²) in [7, 11) is 1.62. The highest BCUT2D eigenvalue weighted by Crippen LogP contribution is 2.43. The Labute approximate surface area is 252 Å². The highest BCUT2D eigenvalue weighted by atomic mass is 16.5. The van der Waals surface area contributed by atoms with Gasteiger partial charge in [0.2, 0.25) is 0 Å². The molecule has 5 heteroatoms. The zero-order valence-corrected chi connectivity index (χ0v) is 24.5. The van der Waals surface area contributed by atoms with Crippen LogP contribution in [0, 0.1) is 0 Å². The molecule has 6 rings (SSSR count). The number of carbonyl (C=O) groups is 2. The predicted molar refractivity (Wildman–Crippen MR) is 169 cm³/mol. The van der Waals surface area contributed by atoms with Crippen LogP contribution in [-0.4, -0.2) is 37.0 Å². The highest BCUT2D eigenvalue weighted by Gasteiger charge is 2.36. The summed E-state index contributed by atoms with van der Waals surface area (Å²) in [5.41, 5.74) is 6.03. The molecule has 5 nitrogen and oxygen atoms in total. The summed E-state index contributed by atoms with van der Waals surface area (Å²) in [5.74, 6) is -0.327. The van der Waals surface area contributed by atoms with Crippen molar-refractivity contribution in [1.29, 1.82) is 0 Å². The van der Waals surface area contributed by atoms with Gasteiger partial charge in [0.1, 0.15) is 5.75 Å². The van der Waals surface area contributed by atoms with Crippen LogP contribution in [0.2, 0.25) is 0 Å². The van der Waals surface area contributed by atoms with Crippen molar-refractivity contribution in [2.75, 3.05) is 20.3 Å². The molecule has 0 radical (unpaired) electrons. The molecule has 0 spiro atoms. The van der Waals surface area contributed by atoms with Crippen molar-refractivity contribution in [3.8, 4) is 5.75 Å². The fourth-order valence-electron chi connectivity index (χ4n) is 6.33. The first-order chi connectivity index (χ1) is 21.1. The molecule has 1 amide bonds. The molecule has 0 aromatic heterocycles. The van der Waals surface area contributed by atoms with Crippen LogP contribution in [0.1, 0.15) is 56.9 Å². The number of hydrogen-bond donors (Lipinski definition) is 0. The van der Waals surface area contributed by atoms with Crippen molar-refractivity contribution in [2.24, 2.45) is 0 Å². The first kappa shape index (κ1) is 28.2. The van der Waals surface area contributed by atoms with Crippen molar-refractivity contribution in [3.63, 3.8) is 0 Å². The third-order valence-electron chi connectivity index (χ3n) is 8.43. The van der Waals surface area contributed by atoms with E-state index in [1.165, 1.54) is 5.56 Å². The van der Waals surface area contributed by atoms with E-state index in [1.807, 2.05) is 78.6 Å². The van der Waals surface area contributed by atoms with Gasteiger partial charge in [0, 0.05) is 24.6 Å². The van der Waals surface area contributed by atoms with Crippen LogP contribution in [0.15, 0.2) is 115 Å². The van der Waals surface area contributed by atoms with Crippen LogP contribution < -0.4 is 4.74 Å². The van der Waals surface area contributed by atoms with Gasteiger partial charge in [-0.25, -0.2) is 0 Å². The second-order valence-electron chi connectivity index (χ2n) is 10.9. The van der Waals surface area contributed by atoms with Crippen molar-refractivity contribution < 1.29 is 19.1 Å². The molecule has 216 valence electrons. The zero-order valence-electron chi connectivity index (χ0n) is 24.5. The number of carbonyl (C=O) groups excluding carboxylic acids is 2. The zero-order chi connectivity index (χ0) is 29.8. The fourth-order valence-corrected chi connectivity index (χ4v) is 6.33. The molecule has 1 aliphatic heterocycles. The van der Waals surface area contributed by atoms with Gasteiger partial charge in [-0.2, -0.15) is 0 Å². The summed E-state index contributed by atoms with van der Waals surface area (Å²) < 4.78 is 11.0. The number of benzene rings is 5. The van der Waals surface area contributed by atoms with Crippen molar-refractivity contribution >= 4 is 22.6 Å². The molecular weight excluding hydrogens is 534 g/mol. The van der Waals surface area contributed by atoms with Gasteiger partial charge >= 0.3 is 5.97 Å². The molecular formula is C38H35NO4. The van der Waals surface area contributed by atoms with Gasteiger partial charge in [0.05, 0.1) is 19.6 Å². The first-order valence-electron chi connectivity index (χ1n) is 14.8. The molecule has 0 saturated heterocycles. The Morgan fingerprint density at radius 3 is 2.28 bits per heavy atom. The van der Waals surface area contributed by atoms with E-state index in [0.717, 1.165) is 38.8 Å². The highest BCUT2D eigenvalue weighted by molar-refractivity contribution is 5.94. The van der Waals surface area contributed by atoms with Crippen LogP contribution >= 0.6 is 0 Å². The number of nitrogens with zero attached hydrogens (tertiary/aromatic N) is 1. The fraction of sp³-hybridized carbons (Fsp3) is 0.211. The van der Waals surface area contributed by atoms with Crippen LogP contribution in [0.4, 0.5) is 0 Å². The van der Waals surface area contributed by atoms with E-state index in [1.54, 1.807) is 7.11 Å². The second kappa shape index (κ2) is 12.5. The summed E-state index contributed by atoms with van der Waals surface area (Å²) in [6.07, 6.45) is 0.696. The number of ether oxygens (including phenoxy) is 2. The van der Waals surface area contributed by atoms with E-state index in [4.69, 9.17) is 9.47 Å². The molecule has 0 fully saturated rings. The summed E-state index contributed by atoms with van der Waals surface area (Å²) in [6, 6.07) is 38.3. The third kappa shape index (κ3) is 5.76. The Bertz CT molecular complexity index is 1750. The smallest absolute Gasteiger partial charge is 0.314 e. The maximum atomic E-state index is 13.8. The molecule has 43 heavy (non-hydrogen) atoms. The molecule has 1 heterocycles. The molecule has 5 aromatic rings. The standard InChI is InChI=1S/C38H35NO4/c1-3-43-38(41)36(27-11-5-4-6-12-27)35(30-17-16-26-10-7-8-13-29(26)24-30)34-15-9-14-31-25-39(23-22-33(31)34)37(40)28-18-20-32(42-2)21-19-28/h4-21,24,35-36H,3,22-23,25H2,1-2H3. The second-order valence-corrected chi connectivity index (χ2v) is 10.9. The molecule has 2 atom stereocenters. The van der Waals surface area contributed by atoms with Crippen LogP contribution in [0.3, 0.4) is 0 Å². The molecule has 2 unspecified atom stereocenters. The lowest BCUT2D eigenvalue weighted by Crippen LogP contribution is -2.37. The van der Waals surface area contributed by atoms with Crippen LogP contribution in [-0.2, 0) is 22.5 Å². The topological polar surface area (TPSA) is 55.8 Å². The average molecular weight is 570 g/mol. The van der Waals surface area contributed by atoms with Gasteiger partial charge < -0.3 is 14.4 Å². The number of fused-ring (bicyclic) bond motifs is 2.